The fourth-order valence-electron chi connectivity index (χ4n) is 3.53. The summed E-state index contributed by atoms with van der Waals surface area (Å²) < 4.78 is 82.3. The standard InChI is InChI=1S/C15H14F5NO3/c16-13(17)5-8(6-13)24-10-7-21-12(15(18,19)20)11-9(10)1-2-14(11)22-3-4-23-14/h7-8H,1-6H2. The number of ether oxygens (including phenoxy) is 3. The molecule has 0 radical (unpaired) electrons. The van der Waals surface area contributed by atoms with Crippen molar-refractivity contribution in [2.75, 3.05) is 13.2 Å². The van der Waals surface area contributed by atoms with Crippen molar-refractivity contribution < 1.29 is 36.2 Å². The first-order chi connectivity index (χ1) is 11.2. The van der Waals surface area contributed by atoms with Crippen LogP contribution in [0.15, 0.2) is 6.20 Å². The van der Waals surface area contributed by atoms with E-state index in [1.165, 1.54) is 0 Å². The minimum Gasteiger partial charge on any atom is -0.488 e. The minimum absolute atomic E-state index is 0.106. The molecule has 132 valence electrons. The molecule has 2 fully saturated rings. The van der Waals surface area contributed by atoms with E-state index < -0.39 is 42.5 Å². The van der Waals surface area contributed by atoms with Gasteiger partial charge in [-0.3, -0.25) is 0 Å². The molecule has 0 amide bonds. The van der Waals surface area contributed by atoms with Crippen LogP contribution in [0.25, 0.3) is 0 Å². The van der Waals surface area contributed by atoms with Crippen molar-refractivity contribution in [1.29, 1.82) is 0 Å². The van der Waals surface area contributed by atoms with Crippen LogP contribution in [0.4, 0.5) is 22.0 Å². The van der Waals surface area contributed by atoms with E-state index in [0.717, 1.165) is 6.20 Å². The molecule has 0 atom stereocenters. The van der Waals surface area contributed by atoms with E-state index in [2.05, 4.69) is 4.98 Å². The lowest BCUT2D eigenvalue weighted by atomic mass is 9.91. The molecule has 0 unspecified atom stereocenters. The number of rotatable bonds is 2. The number of hydrogen-bond acceptors (Lipinski definition) is 4. The van der Waals surface area contributed by atoms with E-state index in [0.29, 0.717) is 0 Å². The van der Waals surface area contributed by atoms with Gasteiger partial charge in [-0.05, 0) is 6.42 Å². The second-order valence-corrected chi connectivity index (χ2v) is 6.28. The van der Waals surface area contributed by atoms with E-state index in [-0.39, 0.29) is 42.9 Å². The maximum atomic E-state index is 13.3. The topological polar surface area (TPSA) is 40.6 Å². The molecular formula is C15H14F5NO3. The van der Waals surface area contributed by atoms with Gasteiger partial charge < -0.3 is 14.2 Å². The van der Waals surface area contributed by atoms with Gasteiger partial charge in [0.25, 0.3) is 5.92 Å². The zero-order valence-corrected chi connectivity index (χ0v) is 12.5. The van der Waals surface area contributed by atoms with E-state index in [9.17, 15) is 22.0 Å². The van der Waals surface area contributed by atoms with Crippen LogP contribution >= 0.6 is 0 Å². The summed E-state index contributed by atoms with van der Waals surface area (Å²) in [5.74, 6) is -4.13. The normalized spacial score (nSPS) is 24.9. The lowest BCUT2D eigenvalue weighted by Gasteiger charge is -2.35. The summed E-state index contributed by atoms with van der Waals surface area (Å²) in [6.07, 6.45) is -4.84. The Kier molecular flexibility index (Phi) is 3.34. The molecule has 1 aromatic rings. The van der Waals surface area contributed by atoms with Gasteiger partial charge in [0.1, 0.15) is 11.9 Å². The van der Waals surface area contributed by atoms with Crippen molar-refractivity contribution in [3.05, 3.63) is 23.0 Å². The van der Waals surface area contributed by atoms with Crippen LogP contribution in [0.2, 0.25) is 0 Å². The Balaban J connectivity index is 1.73. The predicted octanol–water partition coefficient (Wildman–Crippen LogP) is 3.42. The first-order valence-corrected chi connectivity index (χ1v) is 7.62. The van der Waals surface area contributed by atoms with Crippen LogP contribution in [-0.4, -0.2) is 30.2 Å². The molecule has 1 aromatic heterocycles. The SMILES string of the molecule is FC1(F)CC(Oc2cnc(C(F)(F)F)c3c2CCC32OCCO2)C1. The highest BCUT2D eigenvalue weighted by molar-refractivity contribution is 5.48. The molecule has 9 heteroatoms. The molecule has 1 aliphatic heterocycles. The van der Waals surface area contributed by atoms with Crippen LogP contribution < -0.4 is 4.74 Å². The highest BCUT2D eigenvalue weighted by Gasteiger charge is 2.53. The van der Waals surface area contributed by atoms with E-state index in [4.69, 9.17) is 14.2 Å². The summed E-state index contributed by atoms with van der Waals surface area (Å²) in [4.78, 5) is 3.49. The van der Waals surface area contributed by atoms with Crippen molar-refractivity contribution in [2.45, 2.75) is 49.7 Å². The van der Waals surface area contributed by atoms with Crippen LogP contribution in [0.3, 0.4) is 0 Å². The minimum atomic E-state index is -4.67. The molecule has 2 aliphatic carbocycles. The zero-order chi connectivity index (χ0) is 17.2. The number of alkyl halides is 5. The Hall–Kier alpha value is -1.48. The Bertz CT molecular complexity index is 662. The number of fused-ring (bicyclic) bond motifs is 2. The Morgan fingerprint density at radius 3 is 2.42 bits per heavy atom. The fourth-order valence-corrected chi connectivity index (χ4v) is 3.53. The number of pyridine rings is 1. The molecule has 3 aliphatic rings. The quantitative estimate of drug-likeness (QED) is 0.766. The van der Waals surface area contributed by atoms with Crippen molar-refractivity contribution in [1.82, 2.24) is 4.98 Å². The van der Waals surface area contributed by atoms with Gasteiger partial charge in [-0.15, -0.1) is 0 Å². The lowest BCUT2D eigenvalue weighted by Crippen LogP contribution is -2.43. The Morgan fingerprint density at radius 1 is 1.17 bits per heavy atom. The molecule has 1 saturated heterocycles. The second-order valence-electron chi connectivity index (χ2n) is 6.28. The van der Waals surface area contributed by atoms with Crippen LogP contribution in [0, 0.1) is 0 Å². The van der Waals surface area contributed by atoms with Gasteiger partial charge in [0.05, 0.1) is 19.4 Å². The Morgan fingerprint density at radius 2 is 1.83 bits per heavy atom. The molecule has 0 bridgehead atoms. The third-order valence-corrected chi connectivity index (χ3v) is 4.60. The van der Waals surface area contributed by atoms with Crippen LogP contribution in [0.5, 0.6) is 5.75 Å². The van der Waals surface area contributed by atoms with Crippen molar-refractivity contribution in [3.63, 3.8) is 0 Å². The van der Waals surface area contributed by atoms with Gasteiger partial charge in [-0.1, -0.05) is 0 Å². The predicted molar refractivity (Wildman–Crippen MR) is 69.7 cm³/mol. The molecule has 1 saturated carbocycles. The molecule has 4 nitrogen and oxygen atoms in total. The lowest BCUT2D eigenvalue weighted by molar-refractivity contribution is -0.177. The summed E-state index contributed by atoms with van der Waals surface area (Å²) in [6, 6.07) is 0. The third kappa shape index (κ3) is 2.45. The van der Waals surface area contributed by atoms with Crippen molar-refractivity contribution in [2.24, 2.45) is 0 Å². The number of halogens is 5. The zero-order valence-electron chi connectivity index (χ0n) is 12.5. The monoisotopic (exact) mass is 351 g/mol. The molecule has 2 heterocycles. The average Bonchev–Trinajstić information content (AvgIpc) is 3.06. The largest absolute Gasteiger partial charge is 0.488 e. The Labute approximate surface area is 133 Å². The first kappa shape index (κ1) is 16.0. The van der Waals surface area contributed by atoms with Gasteiger partial charge in [0.15, 0.2) is 11.5 Å². The fraction of sp³-hybridized carbons (Fsp3) is 0.667. The first-order valence-electron chi connectivity index (χ1n) is 7.62. The van der Waals surface area contributed by atoms with Crippen molar-refractivity contribution in [3.8, 4) is 5.75 Å². The van der Waals surface area contributed by atoms with E-state index >= 15 is 0 Å². The van der Waals surface area contributed by atoms with Gasteiger partial charge in [0.2, 0.25) is 0 Å². The second kappa shape index (κ2) is 5.01. The van der Waals surface area contributed by atoms with E-state index in [1.807, 2.05) is 0 Å². The van der Waals surface area contributed by atoms with Crippen LogP contribution in [0.1, 0.15) is 36.1 Å². The van der Waals surface area contributed by atoms with Gasteiger partial charge in [0, 0.05) is 30.4 Å². The summed E-state index contributed by atoms with van der Waals surface area (Å²) in [7, 11) is 0. The number of hydrogen-bond donors (Lipinski definition) is 0. The van der Waals surface area contributed by atoms with Crippen molar-refractivity contribution >= 4 is 0 Å². The molecular weight excluding hydrogens is 337 g/mol. The van der Waals surface area contributed by atoms with Gasteiger partial charge >= 0.3 is 6.18 Å². The smallest absolute Gasteiger partial charge is 0.433 e. The van der Waals surface area contributed by atoms with Crippen LogP contribution in [-0.2, 0) is 27.9 Å². The number of nitrogens with zero attached hydrogens (tertiary/aromatic N) is 1. The van der Waals surface area contributed by atoms with Gasteiger partial charge in [-0.2, -0.15) is 13.2 Å². The molecule has 4 rings (SSSR count). The maximum absolute atomic E-state index is 13.3. The molecule has 0 aromatic carbocycles. The van der Waals surface area contributed by atoms with E-state index in [1.54, 1.807) is 0 Å². The average molecular weight is 351 g/mol. The molecule has 1 spiro atoms. The molecule has 24 heavy (non-hydrogen) atoms. The highest BCUT2D eigenvalue weighted by Crippen LogP contribution is 2.51. The molecule has 0 N–H and O–H groups in total. The summed E-state index contributed by atoms with van der Waals surface area (Å²) in [5, 5.41) is 0. The summed E-state index contributed by atoms with van der Waals surface area (Å²) in [6.45, 7) is 0.382. The van der Waals surface area contributed by atoms with Gasteiger partial charge in [-0.25, -0.2) is 13.8 Å². The third-order valence-electron chi connectivity index (χ3n) is 4.60. The summed E-state index contributed by atoms with van der Waals surface area (Å²) >= 11 is 0. The highest BCUT2D eigenvalue weighted by atomic mass is 19.4. The number of aromatic nitrogens is 1. The summed E-state index contributed by atoms with van der Waals surface area (Å²) in [5.41, 5.74) is -0.950. The maximum Gasteiger partial charge on any atom is 0.433 e.